The molecule has 1 amide bonds. The largest absolute Gasteiger partial charge is 0.512 e. The van der Waals surface area contributed by atoms with E-state index in [4.69, 9.17) is 9.31 Å². The van der Waals surface area contributed by atoms with Gasteiger partial charge in [0.15, 0.2) is 0 Å². The van der Waals surface area contributed by atoms with Crippen LogP contribution >= 0.6 is 0 Å². The summed E-state index contributed by atoms with van der Waals surface area (Å²) < 4.78 is 12.1. The Morgan fingerprint density at radius 3 is 2.59 bits per heavy atom. The van der Waals surface area contributed by atoms with Crippen LogP contribution in [-0.2, 0) is 15.7 Å². The van der Waals surface area contributed by atoms with Crippen LogP contribution in [0, 0.1) is 0 Å². The number of amides is 1. The molecule has 0 aromatic carbocycles. The van der Waals surface area contributed by atoms with Crippen molar-refractivity contribution >= 4 is 18.6 Å². The van der Waals surface area contributed by atoms with E-state index in [-0.39, 0.29) is 17.1 Å². The highest BCUT2D eigenvalue weighted by Crippen LogP contribution is 2.36. The molecule has 118 valence electrons. The Balaban J connectivity index is 1.86. The lowest BCUT2D eigenvalue weighted by Crippen LogP contribution is -2.41. The first-order valence-electron chi connectivity index (χ1n) is 7.73. The van der Waals surface area contributed by atoms with E-state index >= 15 is 0 Å². The molecule has 2 aliphatic rings. The van der Waals surface area contributed by atoms with Gasteiger partial charge in [0.1, 0.15) is 0 Å². The number of fused-ring (bicyclic) bond motifs is 1. The van der Waals surface area contributed by atoms with E-state index in [1.807, 2.05) is 33.8 Å². The smallest absolute Gasteiger partial charge is 0.398 e. The summed E-state index contributed by atoms with van der Waals surface area (Å²) in [5.41, 5.74) is 1.73. The third-order valence-corrected chi connectivity index (χ3v) is 4.93. The maximum atomic E-state index is 12.5. The molecule has 0 radical (unpaired) electrons. The molecule has 5 nitrogen and oxygen atoms in total. The lowest BCUT2D eigenvalue weighted by molar-refractivity contribution is 0.00578. The minimum atomic E-state index is -0.462. The molecule has 1 fully saturated rings. The van der Waals surface area contributed by atoms with E-state index in [9.17, 15) is 4.79 Å². The Morgan fingerprint density at radius 1 is 1.36 bits per heavy atom. The van der Waals surface area contributed by atoms with E-state index in [1.54, 1.807) is 11.0 Å². The van der Waals surface area contributed by atoms with E-state index in [0.29, 0.717) is 13.1 Å². The molecule has 0 bridgehead atoms. The summed E-state index contributed by atoms with van der Waals surface area (Å²) in [6.07, 6.45) is 2.57. The van der Waals surface area contributed by atoms with E-state index in [0.717, 1.165) is 23.3 Å². The fourth-order valence-electron chi connectivity index (χ4n) is 2.85. The highest BCUT2D eigenvalue weighted by atomic mass is 16.7. The molecule has 0 spiro atoms. The molecule has 0 atom stereocenters. The number of nitrogens with zero attached hydrogens (tertiary/aromatic N) is 1. The first-order chi connectivity index (χ1) is 10.2. The summed E-state index contributed by atoms with van der Waals surface area (Å²) in [7, 11) is -0.462. The summed E-state index contributed by atoms with van der Waals surface area (Å²) in [6, 6.07) is 1.87. The van der Waals surface area contributed by atoms with Gasteiger partial charge in [-0.05, 0) is 33.8 Å². The third kappa shape index (κ3) is 2.30. The zero-order valence-electron chi connectivity index (χ0n) is 13.7. The zero-order valence-corrected chi connectivity index (χ0v) is 13.7. The number of aromatic amines is 1. The molecule has 0 unspecified atom stereocenters. The number of carbonyl (C=O) groups is 1. The fourth-order valence-corrected chi connectivity index (χ4v) is 2.85. The molecule has 3 rings (SSSR count). The van der Waals surface area contributed by atoms with E-state index < -0.39 is 7.12 Å². The number of H-pyrrole nitrogens is 1. The van der Waals surface area contributed by atoms with Crippen LogP contribution in [0.15, 0.2) is 18.7 Å². The summed E-state index contributed by atoms with van der Waals surface area (Å²) in [4.78, 5) is 17.6. The highest BCUT2D eigenvalue weighted by Gasteiger charge is 2.52. The molecule has 1 aromatic rings. The lowest BCUT2D eigenvalue weighted by atomic mass is 9.85. The van der Waals surface area contributed by atoms with Crippen molar-refractivity contribution < 1.29 is 14.1 Å². The number of rotatable bonds is 3. The number of carbonyl (C=O) groups excluding carboxylic acids is 1. The van der Waals surface area contributed by atoms with Gasteiger partial charge in [0, 0.05) is 30.8 Å². The second-order valence-corrected chi connectivity index (χ2v) is 7.00. The van der Waals surface area contributed by atoms with Crippen LogP contribution in [0.4, 0.5) is 0 Å². The van der Waals surface area contributed by atoms with Gasteiger partial charge in [0.2, 0.25) is 0 Å². The zero-order chi connectivity index (χ0) is 16.1. The quantitative estimate of drug-likeness (QED) is 0.680. The normalized spacial score (nSPS) is 22.8. The Hall–Kier alpha value is -1.53. The maximum absolute atomic E-state index is 12.5. The van der Waals surface area contributed by atoms with Crippen LogP contribution in [0.1, 0.15) is 43.7 Å². The van der Waals surface area contributed by atoms with Crippen molar-refractivity contribution in [2.75, 3.05) is 13.1 Å². The minimum absolute atomic E-state index is 0.0418. The molecular formula is C16H23BN2O3. The van der Waals surface area contributed by atoms with Crippen molar-refractivity contribution in [2.24, 2.45) is 0 Å². The first kappa shape index (κ1) is 15.4. The topological polar surface area (TPSA) is 54.6 Å². The molecule has 1 saturated heterocycles. The molecule has 6 heteroatoms. The molecular weight excluding hydrogens is 279 g/mol. The Morgan fingerprint density at radius 2 is 2.00 bits per heavy atom. The van der Waals surface area contributed by atoms with Gasteiger partial charge in [-0.1, -0.05) is 6.08 Å². The van der Waals surface area contributed by atoms with Crippen LogP contribution in [0.5, 0.6) is 0 Å². The lowest BCUT2D eigenvalue weighted by Gasteiger charge is -2.32. The standard InChI is InChI=1S/C16H23BN2O3/c1-6-8-19-9-7-12-11(14(19)20)10-13(18-12)17-21-15(2,3)16(4,5)22-17/h6,10,18H,1,7-9H2,2-5H3. The summed E-state index contributed by atoms with van der Waals surface area (Å²) in [6.45, 7) is 13.1. The van der Waals surface area contributed by atoms with Crippen LogP contribution in [0.2, 0.25) is 0 Å². The highest BCUT2D eigenvalue weighted by molar-refractivity contribution is 6.61. The Labute approximate surface area is 131 Å². The molecule has 0 aliphatic carbocycles. The van der Waals surface area contributed by atoms with Crippen molar-refractivity contribution in [1.82, 2.24) is 9.88 Å². The number of hydrogen-bond donors (Lipinski definition) is 1. The number of hydrogen-bond acceptors (Lipinski definition) is 3. The van der Waals surface area contributed by atoms with Crippen LogP contribution in [-0.4, -0.2) is 47.2 Å². The van der Waals surface area contributed by atoms with Crippen molar-refractivity contribution in [1.29, 1.82) is 0 Å². The number of aromatic nitrogens is 1. The van der Waals surface area contributed by atoms with E-state index in [1.165, 1.54) is 0 Å². The van der Waals surface area contributed by atoms with Gasteiger partial charge in [-0.2, -0.15) is 0 Å². The van der Waals surface area contributed by atoms with Crippen molar-refractivity contribution in [3.63, 3.8) is 0 Å². The second-order valence-electron chi connectivity index (χ2n) is 7.00. The van der Waals surface area contributed by atoms with Gasteiger partial charge in [0.25, 0.3) is 5.91 Å². The molecule has 3 heterocycles. The van der Waals surface area contributed by atoms with E-state index in [2.05, 4.69) is 11.6 Å². The van der Waals surface area contributed by atoms with Crippen LogP contribution in [0.3, 0.4) is 0 Å². The average Bonchev–Trinajstić information content (AvgIpc) is 2.93. The average molecular weight is 302 g/mol. The van der Waals surface area contributed by atoms with Crippen LogP contribution < -0.4 is 5.59 Å². The van der Waals surface area contributed by atoms with Crippen molar-refractivity contribution in [3.8, 4) is 0 Å². The van der Waals surface area contributed by atoms with Gasteiger partial charge >= 0.3 is 7.12 Å². The molecule has 1 N–H and O–H groups in total. The molecule has 0 saturated carbocycles. The SMILES string of the molecule is C=CCN1CCc2[nH]c(B3OC(C)(C)C(C)(C)O3)cc2C1=O. The second kappa shape index (κ2) is 5.00. The third-order valence-electron chi connectivity index (χ3n) is 4.93. The Bertz CT molecular complexity index is 605. The van der Waals surface area contributed by atoms with Gasteiger partial charge in [0.05, 0.1) is 16.8 Å². The summed E-state index contributed by atoms with van der Waals surface area (Å²) in [5, 5.41) is 0. The monoisotopic (exact) mass is 302 g/mol. The first-order valence-corrected chi connectivity index (χ1v) is 7.73. The molecule has 1 aromatic heterocycles. The molecule has 22 heavy (non-hydrogen) atoms. The number of nitrogens with one attached hydrogen (secondary N) is 1. The summed E-state index contributed by atoms with van der Waals surface area (Å²) in [5.74, 6) is 0.0418. The maximum Gasteiger partial charge on any atom is 0.512 e. The van der Waals surface area contributed by atoms with Gasteiger partial charge in [-0.3, -0.25) is 4.79 Å². The van der Waals surface area contributed by atoms with Crippen LogP contribution in [0.25, 0.3) is 0 Å². The van der Waals surface area contributed by atoms with Gasteiger partial charge in [-0.15, -0.1) is 6.58 Å². The van der Waals surface area contributed by atoms with Crippen molar-refractivity contribution in [2.45, 2.75) is 45.3 Å². The van der Waals surface area contributed by atoms with Crippen molar-refractivity contribution in [3.05, 3.63) is 30.0 Å². The minimum Gasteiger partial charge on any atom is -0.398 e. The predicted octanol–water partition coefficient (Wildman–Crippen LogP) is 1.50. The van der Waals surface area contributed by atoms with Gasteiger partial charge < -0.3 is 19.2 Å². The predicted molar refractivity (Wildman–Crippen MR) is 86.3 cm³/mol. The summed E-state index contributed by atoms with van der Waals surface area (Å²) >= 11 is 0. The Kier molecular flexibility index (Phi) is 3.49. The van der Waals surface area contributed by atoms with Gasteiger partial charge in [-0.25, -0.2) is 0 Å². The fraction of sp³-hybridized carbons (Fsp3) is 0.562. The molecule has 2 aliphatic heterocycles.